The molecule has 0 aliphatic carbocycles. The zero-order valence-corrected chi connectivity index (χ0v) is 11.3. The number of aliphatic hydroxyl groups is 1. The number of hydrogen-bond donors (Lipinski definition) is 1. The first kappa shape index (κ1) is 13.1. The number of aliphatic hydroxyl groups excluding tert-OH is 1. The molecule has 0 aromatic carbocycles. The Morgan fingerprint density at radius 3 is 2.67 bits per heavy atom. The van der Waals surface area contributed by atoms with Gasteiger partial charge in [-0.15, -0.1) is 11.3 Å². The number of halogens is 1. The standard InChI is InChI=1S/C11H11ClN2O3S/c1-16-8-5-13-9(11(14-8)17-2)10(15)6-3-4-7(12)18-6/h3-5,10,15H,1-2H3. The molecular weight excluding hydrogens is 276 g/mol. The van der Waals surface area contributed by atoms with Crippen molar-refractivity contribution in [3.63, 3.8) is 0 Å². The smallest absolute Gasteiger partial charge is 0.241 e. The predicted molar refractivity (Wildman–Crippen MR) is 68.5 cm³/mol. The Morgan fingerprint density at radius 1 is 1.33 bits per heavy atom. The van der Waals surface area contributed by atoms with Gasteiger partial charge in [0.2, 0.25) is 11.8 Å². The van der Waals surface area contributed by atoms with Crippen molar-refractivity contribution in [2.45, 2.75) is 6.10 Å². The Labute approximate surface area is 113 Å². The molecule has 0 radical (unpaired) electrons. The van der Waals surface area contributed by atoms with Gasteiger partial charge in [-0.3, -0.25) is 0 Å². The highest BCUT2D eigenvalue weighted by molar-refractivity contribution is 7.16. The summed E-state index contributed by atoms with van der Waals surface area (Å²) in [7, 11) is 2.94. The van der Waals surface area contributed by atoms with Crippen molar-refractivity contribution < 1.29 is 14.6 Å². The first-order valence-electron chi connectivity index (χ1n) is 5.04. The largest absolute Gasteiger partial charge is 0.480 e. The molecule has 2 heterocycles. The Hall–Kier alpha value is -1.37. The number of methoxy groups -OCH3 is 2. The van der Waals surface area contributed by atoms with Gasteiger partial charge in [0, 0.05) is 4.88 Å². The Balaban J connectivity index is 2.38. The number of rotatable bonds is 4. The second-order valence-electron chi connectivity index (χ2n) is 3.35. The van der Waals surface area contributed by atoms with Crippen LogP contribution in [0.1, 0.15) is 16.7 Å². The van der Waals surface area contributed by atoms with Gasteiger partial charge in [-0.05, 0) is 12.1 Å². The summed E-state index contributed by atoms with van der Waals surface area (Å²) in [6.07, 6.45) is 0.506. The van der Waals surface area contributed by atoms with Gasteiger partial charge in [0.1, 0.15) is 11.8 Å². The second kappa shape index (κ2) is 5.51. The Morgan fingerprint density at radius 2 is 2.11 bits per heavy atom. The summed E-state index contributed by atoms with van der Waals surface area (Å²) in [6, 6.07) is 3.46. The summed E-state index contributed by atoms with van der Waals surface area (Å²) >= 11 is 7.11. The zero-order chi connectivity index (χ0) is 13.1. The maximum Gasteiger partial charge on any atom is 0.241 e. The van der Waals surface area contributed by atoms with Crippen molar-refractivity contribution in [2.24, 2.45) is 0 Å². The highest BCUT2D eigenvalue weighted by Crippen LogP contribution is 2.33. The molecule has 18 heavy (non-hydrogen) atoms. The lowest BCUT2D eigenvalue weighted by Gasteiger charge is -2.12. The lowest BCUT2D eigenvalue weighted by molar-refractivity contribution is 0.210. The van der Waals surface area contributed by atoms with Gasteiger partial charge in [-0.2, -0.15) is 4.98 Å². The van der Waals surface area contributed by atoms with Crippen molar-refractivity contribution in [2.75, 3.05) is 14.2 Å². The lowest BCUT2D eigenvalue weighted by atomic mass is 10.2. The Bertz CT molecular complexity index is 547. The zero-order valence-electron chi connectivity index (χ0n) is 9.75. The summed E-state index contributed by atoms with van der Waals surface area (Å²) in [6.45, 7) is 0. The highest BCUT2D eigenvalue weighted by atomic mass is 35.5. The SMILES string of the molecule is COc1cnc(C(O)c2ccc(Cl)s2)c(OC)n1. The second-order valence-corrected chi connectivity index (χ2v) is 5.10. The average Bonchev–Trinajstić information content (AvgIpc) is 2.83. The summed E-state index contributed by atoms with van der Waals surface area (Å²) in [5, 5.41) is 10.2. The van der Waals surface area contributed by atoms with Crippen molar-refractivity contribution >= 4 is 22.9 Å². The maximum absolute atomic E-state index is 10.2. The first-order valence-corrected chi connectivity index (χ1v) is 6.23. The number of ether oxygens (including phenoxy) is 2. The quantitative estimate of drug-likeness (QED) is 0.934. The van der Waals surface area contributed by atoms with E-state index < -0.39 is 6.10 Å². The molecule has 0 spiro atoms. The van der Waals surface area contributed by atoms with Gasteiger partial charge >= 0.3 is 0 Å². The van der Waals surface area contributed by atoms with Crippen LogP contribution in [0.4, 0.5) is 0 Å². The summed E-state index contributed by atoms with van der Waals surface area (Å²) in [5.41, 5.74) is 0.330. The van der Waals surface area contributed by atoms with Gasteiger partial charge in [0.05, 0.1) is 24.8 Å². The number of hydrogen-bond acceptors (Lipinski definition) is 6. The molecule has 7 heteroatoms. The molecule has 2 rings (SSSR count). The molecule has 5 nitrogen and oxygen atoms in total. The molecule has 2 aromatic rings. The molecular formula is C11H11ClN2O3S. The van der Waals surface area contributed by atoms with Crippen molar-refractivity contribution in [3.8, 4) is 11.8 Å². The van der Waals surface area contributed by atoms with E-state index in [1.54, 1.807) is 12.1 Å². The van der Waals surface area contributed by atoms with Crippen LogP contribution in [0, 0.1) is 0 Å². The van der Waals surface area contributed by atoms with Gasteiger partial charge in [-0.1, -0.05) is 11.6 Å². The van der Waals surface area contributed by atoms with E-state index in [0.29, 0.717) is 20.8 Å². The predicted octanol–water partition coefficient (Wildman–Crippen LogP) is 2.29. The van der Waals surface area contributed by atoms with Crippen LogP contribution in [0.15, 0.2) is 18.3 Å². The fourth-order valence-electron chi connectivity index (χ4n) is 1.41. The van der Waals surface area contributed by atoms with Crippen LogP contribution >= 0.6 is 22.9 Å². The molecule has 0 saturated heterocycles. The van der Waals surface area contributed by atoms with Crippen LogP contribution < -0.4 is 9.47 Å². The molecule has 0 aliphatic rings. The molecule has 0 amide bonds. The monoisotopic (exact) mass is 286 g/mol. The number of thiophene rings is 1. The van der Waals surface area contributed by atoms with Crippen molar-refractivity contribution in [1.29, 1.82) is 0 Å². The molecule has 1 unspecified atom stereocenters. The third-order valence-electron chi connectivity index (χ3n) is 2.27. The van der Waals surface area contributed by atoms with E-state index in [4.69, 9.17) is 21.1 Å². The summed E-state index contributed by atoms with van der Waals surface area (Å²) in [5.74, 6) is 0.554. The Kier molecular flexibility index (Phi) is 4.00. The molecule has 0 fully saturated rings. The van der Waals surface area contributed by atoms with Crippen LogP contribution in [0.5, 0.6) is 11.8 Å². The van der Waals surface area contributed by atoms with E-state index in [1.807, 2.05) is 0 Å². The molecule has 1 atom stereocenters. The van der Waals surface area contributed by atoms with E-state index in [2.05, 4.69) is 9.97 Å². The minimum absolute atomic E-state index is 0.228. The van der Waals surface area contributed by atoms with Crippen LogP contribution in [0.3, 0.4) is 0 Å². The van der Waals surface area contributed by atoms with Gasteiger partial charge < -0.3 is 14.6 Å². The van der Waals surface area contributed by atoms with Crippen molar-refractivity contribution in [3.05, 3.63) is 33.2 Å². The average molecular weight is 287 g/mol. The van der Waals surface area contributed by atoms with E-state index in [1.165, 1.54) is 31.8 Å². The number of nitrogens with zero attached hydrogens (tertiary/aromatic N) is 2. The maximum atomic E-state index is 10.2. The van der Waals surface area contributed by atoms with Crippen LogP contribution in [0.2, 0.25) is 4.34 Å². The fourth-order valence-corrected chi connectivity index (χ4v) is 2.46. The first-order chi connectivity index (χ1) is 8.65. The highest BCUT2D eigenvalue weighted by Gasteiger charge is 2.20. The van der Waals surface area contributed by atoms with Crippen LogP contribution in [-0.2, 0) is 0 Å². The molecule has 0 saturated carbocycles. The minimum Gasteiger partial charge on any atom is -0.480 e. The molecule has 96 valence electrons. The van der Waals surface area contributed by atoms with E-state index in [-0.39, 0.29) is 5.88 Å². The topological polar surface area (TPSA) is 64.5 Å². The molecule has 1 N–H and O–H groups in total. The minimum atomic E-state index is -0.921. The summed E-state index contributed by atoms with van der Waals surface area (Å²) < 4.78 is 10.6. The van der Waals surface area contributed by atoms with E-state index in [9.17, 15) is 5.11 Å². The van der Waals surface area contributed by atoms with Crippen LogP contribution in [0.25, 0.3) is 0 Å². The summed E-state index contributed by atoms with van der Waals surface area (Å²) in [4.78, 5) is 8.85. The van der Waals surface area contributed by atoms with E-state index >= 15 is 0 Å². The third-order valence-corrected chi connectivity index (χ3v) is 3.55. The third kappa shape index (κ3) is 2.55. The van der Waals surface area contributed by atoms with Gasteiger partial charge in [0.25, 0.3) is 0 Å². The molecule has 2 aromatic heterocycles. The fraction of sp³-hybridized carbons (Fsp3) is 0.273. The normalized spacial score (nSPS) is 12.2. The number of aromatic nitrogens is 2. The van der Waals surface area contributed by atoms with Gasteiger partial charge in [-0.25, -0.2) is 4.98 Å². The van der Waals surface area contributed by atoms with Gasteiger partial charge in [0.15, 0.2) is 0 Å². The molecule has 0 aliphatic heterocycles. The van der Waals surface area contributed by atoms with Crippen molar-refractivity contribution in [1.82, 2.24) is 9.97 Å². The molecule has 0 bridgehead atoms. The lowest BCUT2D eigenvalue weighted by Crippen LogP contribution is -2.06. The van der Waals surface area contributed by atoms with Crippen LogP contribution in [-0.4, -0.2) is 29.3 Å². The van der Waals surface area contributed by atoms with E-state index in [0.717, 1.165) is 0 Å².